The lowest BCUT2D eigenvalue weighted by Gasteiger charge is -2.22. The Bertz CT molecular complexity index is 2650. The molecule has 0 spiro atoms. The third kappa shape index (κ3) is 4.22. The van der Waals surface area contributed by atoms with Gasteiger partial charge in [0.1, 0.15) is 22.6 Å². The highest BCUT2D eigenvalue weighted by molar-refractivity contribution is 6.08. The number of aromatic nitrogens is 8. The van der Waals surface area contributed by atoms with Gasteiger partial charge in [0.05, 0.1) is 0 Å². The van der Waals surface area contributed by atoms with Gasteiger partial charge in [-0.05, 0) is 31.7 Å². The molecule has 1 N–H and O–H groups in total. The molecule has 0 fully saturated rings. The van der Waals surface area contributed by atoms with Crippen molar-refractivity contribution >= 4 is 44.1 Å². The molecule has 5 heterocycles. The van der Waals surface area contributed by atoms with Crippen LogP contribution >= 0.6 is 0 Å². The van der Waals surface area contributed by atoms with Gasteiger partial charge in [-0.1, -0.05) is 112 Å². The molecule has 0 saturated carbocycles. The summed E-state index contributed by atoms with van der Waals surface area (Å²) in [5.41, 5.74) is 7.41. The van der Waals surface area contributed by atoms with Crippen LogP contribution in [0.25, 0.3) is 89.7 Å². The molecule has 8 bridgehead atoms. The van der Waals surface area contributed by atoms with Gasteiger partial charge >= 0.3 is 0 Å². The van der Waals surface area contributed by atoms with Crippen molar-refractivity contribution in [1.29, 1.82) is 0 Å². The molecule has 0 atom stereocenters. The largest absolute Gasteiger partial charge is 0.324 e. The van der Waals surface area contributed by atoms with Gasteiger partial charge in [-0.15, -0.1) is 0 Å². The molecule has 48 heavy (non-hydrogen) atoms. The Balaban J connectivity index is 1.56. The van der Waals surface area contributed by atoms with E-state index in [4.69, 9.17) is 29.9 Å². The zero-order valence-corrected chi connectivity index (χ0v) is 27.8. The van der Waals surface area contributed by atoms with E-state index in [1.807, 2.05) is 36.4 Å². The van der Waals surface area contributed by atoms with E-state index in [0.29, 0.717) is 34.6 Å². The van der Waals surface area contributed by atoms with E-state index in [1.54, 1.807) is 0 Å². The Hall–Kier alpha value is -5.76. The number of hydrogen-bond donors (Lipinski definition) is 1. The first-order chi connectivity index (χ1) is 23.1. The Kier molecular flexibility index (Phi) is 5.85. The predicted molar refractivity (Wildman–Crippen MR) is 193 cm³/mol. The Morgan fingerprint density at radius 3 is 1.38 bits per heavy atom. The van der Waals surface area contributed by atoms with Gasteiger partial charge in [-0.2, -0.15) is 0 Å². The van der Waals surface area contributed by atoms with Crippen LogP contribution in [0.3, 0.4) is 0 Å². The summed E-state index contributed by atoms with van der Waals surface area (Å²) in [7, 11) is 0. The highest BCUT2D eigenvalue weighted by atomic mass is 15.2. The fraction of sp³-hybridized carbons (Fsp3) is 0.200. The van der Waals surface area contributed by atoms with E-state index >= 15 is 0 Å². The lowest BCUT2D eigenvalue weighted by Crippen LogP contribution is -2.22. The van der Waals surface area contributed by atoms with Gasteiger partial charge < -0.3 is 9.55 Å². The Morgan fingerprint density at radius 1 is 0.458 bits per heavy atom. The number of H-pyrrole nitrogens is 1. The molecule has 0 aliphatic carbocycles. The minimum atomic E-state index is -0.368. The molecule has 7 aromatic rings. The zero-order valence-electron chi connectivity index (χ0n) is 27.8. The number of aromatic amines is 1. The molecule has 2 aliphatic rings. The average Bonchev–Trinajstić information content (AvgIpc) is 3.78. The number of hydrogen-bond acceptors (Lipinski definition) is 6. The molecule has 2 aliphatic heterocycles. The maximum atomic E-state index is 5.36. The second kappa shape index (κ2) is 9.87. The lowest BCUT2D eigenvalue weighted by molar-refractivity contribution is 0.419. The number of fused-ring (bicyclic) bond motifs is 20. The Morgan fingerprint density at radius 2 is 0.896 bits per heavy atom. The average molecular weight is 627 g/mol. The molecule has 0 saturated heterocycles. The number of nitrogens with zero attached hydrogens (tertiary/aromatic N) is 7. The molecule has 8 heteroatoms. The van der Waals surface area contributed by atoms with Crippen molar-refractivity contribution in [3.05, 3.63) is 96.6 Å². The van der Waals surface area contributed by atoms with Crippen LogP contribution in [0.1, 0.15) is 47.1 Å². The highest BCUT2D eigenvalue weighted by Crippen LogP contribution is 2.40. The van der Waals surface area contributed by atoms with Crippen molar-refractivity contribution in [2.75, 3.05) is 0 Å². The van der Waals surface area contributed by atoms with Crippen LogP contribution < -0.4 is 0 Å². The van der Waals surface area contributed by atoms with Crippen molar-refractivity contribution < 1.29 is 0 Å². The number of nitrogens with one attached hydrogen (secondary N) is 1. The molecule has 3 aromatic heterocycles. The summed E-state index contributed by atoms with van der Waals surface area (Å²) in [6.45, 7) is 13.2. The first kappa shape index (κ1) is 28.5. The lowest BCUT2D eigenvalue weighted by atomic mass is 9.84. The zero-order chi connectivity index (χ0) is 32.9. The smallest absolute Gasteiger partial charge is 0.164 e. The standard InChI is InChI=1S/C40H34N8/c1-39(2,3)29-21-13-20-28-30(29)36-44-32-23-15-8-10-17-25(23)34(42-32)47-38-27-19-12-11-18-26(27)37(48(38)40(4,5)6)46-33-24-16-9-7-14-22(24)31(41-33)43-35(28)45-36/h7-21H,1-6H3,(H,41,42,43,44,45,46,47). The van der Waals surface area contributed by atoms with Crippen LogP contribution in [0.4, 0.5) is 0 Å². The maximum absolute atomic E-state index is 5.36. The van der Waals surface area contributed by atoms with Gasteiger partial charge in [0, 0.05) is 49.3 Å². The molecule has 0 radical (unpaired) electrons. The second-order valence-electron chi connectivity index (χ2n) is 14.6. The molecule has 234 valence electrons. The van der Waals surface area contributed by atoms with Crippen LogP contribution in [0, 0.1) is 0 Å². The van der Waals surface area contributed by atoms with Crippen LogP contribution in [0.5, 0.6) is 0 Å². The van der Waals surface area contributed by atoms with E-state index in [1.165, 1.54) is 5.56 Å². The summed E-state index contributed by atoms with van der Waals surface area (Å²) in [4.78, 5) is 35.0. The van der Waals surface area contributed by atoms with Gasteiger partial charge in [0.2, 0.25) is 0 Å². The van der Waals surface area contributed by atoms with Crippen molar-refractivity contribution in [3.8, 4) is 45.6 Å². The van der Waals surface area contributed by atoms with Crippen LogP contribution in [-0.4, -0.2) is 39.5 Å². The minimum Gasteiger partial charge on any atom is -0.324 e. The molecule has 4 aromatic carbocycles. The highest BCUT2D eigenvalue weighted by Gasteiger charge is 2.27. The van der Waals surface area contributed by atoms with Crippen LogP contribution in [0.2, 0.25) is 0 Å². The summed E-state index contributed by atoms with van der Waals surface area (Å²) >= 11 is 0. The monoisotopic (exact) mass is 626 g/mol. The van der Waals surface area contributed by atoms with Crippen LogP contribution in [-0.2, 0) is 11.0 Å². The third-order valence-electron chi connectivity index (χ3n) is 9.20. The molecular formula is C40H34N8. The van der Waals surface area contributed by atoms with Gasteiger partial charge in [-0.3, -0.25) is 0 Å². The summed E-state index contributed by atoms with van der Waals surface area (Å²) < 4.78 is 2.21. The SMILES string of the molecule is CC(C)(C)c1cccc2c3nc4nc(nc5c6ccccc6c(nc6nc(nc([nH]3)c12)-c1ccccc1-6)n5C(C)(C)C)-c1ccccc1-4. The fourth-order valence-electron chi connectivity index (χ4n) is 7.05. The van der Waals surface area contributed by atoms with E-state index in [9.17, 15) is 0 Å². The van der Waals surface area contributed by atoms with Gasteiger partial charge in [0.15, 0.2) is 23.3 Å². The molecular weight excluding hydrogens is 592 g/mol. The minimum absolute atomic E-state index is 0.141. The normalized spacial score (nSPS) is 12.8. The van der Waals surface area contributed by atoms with Crippen LogP contribution in [0.15, 0.2) is 91.0 Å². The third-order valence-corrected chi connectivity index (χ3v) is 9.20. The van der Waals surface area contributed by atoms with Crippen molar-refractivity contribution in [2.24, 2.45) is 0 Å². The van der Waals surface area contributed by atoms with Gasteiger partial charge in [0.25, 0.3) is 0 Å². The summed E-state index contributed by atoms with van der Waals surface area (Å²) in [6.07, 6.45) is 0. The molecule has 0 amide bonds. The van der Waals surface area contributed by atoms with E-state index < -0.39 is 0 Å². The van der Waals surface area contributed by atoms with Gasteiger partial charge in [-0.25, -0.2) is 29.9 Å². The molecule has 8 nitrogen and oxygen atoms in total. The molecule has 9 rings (SSSR count). The fourth-order valence-corrected chi connectivity index (χ4v) is 7.05. The van der Waals surface area contributed by atoms with E-state index in [-0.39, 0.29) is 11.0 Å². The quantitative estimate of drug-likeness (QED) is 0.180. The summed E-state index contributed by atoms with van der Waals surface area (Å²) in [5.74, 6) is 2.45. The number of benzene rings is 4. The predicted octanol–water partition coefficient (Wildman–Crippen LogP) is 9.40. The topological polar surface area (TPSA) is 98.1 Å². The van der Waals surface area contributed by atoms with Crippen molar-refractivity contribution in [1.82, 2.24) is 39.5 Å². The Labute approximate surface area is 277 Å². The maximum Gasteiger partial charge on any atom is 0.164 e. The molecule has 0 unspecified atom stereocenters. The first-order valence-corrected chi connectivity index (χ1v) is 16.3. The van der Waals surface area contributed by atoms with E-state index in [2.05, 4.69) is 106 Å². The summed E-state index contributed by atoms with van der Waals surface area (Å²) in [5, 5.41) is 4.00. The van der Waals surface area contributed by atoms with Crippen molar-refractivity contribution in [3.63, 3.8) is 0 Å². The van der Waals surface area contributed by atoms with E-state index in [0.717, 1.165) is 55.1 Å². The second-order valence-corrected chi connectivity index (χ2v) is 14.6. The first-order valence-electron chi connectivity index (χ1n) is 16.3. The summed E-state index contributed by atoms with van der Waals surface area (Å²) in [6, 6.07) is 31.1. The van der Waals surface area contributed by atoms with Crippen molar-refractivity contribution in [2.45, 2.75) is 52.5 Å². The number of rotatable bonds is 0.